The van der Waals surface area contributed by atoms with Crippen LogP contribution in [0, 0.1) is 0 Å². The van der Waals surface area contributed by atoms with Gasteiger partial charge in [-0.15, -0.1) is 0 Å². The Hall–Kier alpha value is -7.89. The smallest absolute Gasteiger partial charge is 0.167 e. The molecule has 0 atom stereocenters. The normalized spacial score (nSPS) is 11.8. The van der Waals surface area contributed by atoms with Crippen molar-refractivity contribution in [1.29, 1.82) is 0 Å². The Labute approximate surface area is 332 Å². The Morgan fingerprint density at radius 3 is 1.72 bits per heavy atom. The maximum atomic E-state index is 6.49. The topological polar surface area (TPSA) is 65.0 Å². The number of nitrogens with zero attached hydrogens (tertiary/aromatic N) is 3. The van der Waals surface area contributed by atoms with Crippen molar-refractivity contribution >= 4 is 65.4 Å². The number of para-hydroxylation sites is 3. The van der Waals surface area contributed by atoms with E-state index >= 15 is 0 Å². The minimum atomic E-state index is 0.547. The van der Waals surface area contributed by atoms with Gasteiger partial charge in [0.2, 0.25) is 0 Å². The van der Waals surface area contributed by atoms with Crippen molar-refractivity contribution in [1.82, 2.24) is 15.0 Å². The molecule has 5 heteroatoms. The van der Waals surface area contributed by atoms with E-state index in [2.05, 4.69) is 140 Å². The van der Waals surface area contributed by atoms with Crippen LogP contribution in [0.2, 0.25) is 0 Å². The van der Waals surface area contributed by atoms with Crippen LogP contribution >= 0.6 is 0 Å². The molecule has 270 valence electrons. The predicted octanol–water partition coefficient (Wildman–Crippen LogP) is 14.3. The first-order chi connectivity index (χ1) is 28.7. The quantitative estimate of drug-likeness (QED) is 0.164. The van der Waals surface area contributed by atoms with Crippen molar-refractivity contribution in [3.05, 3.63) is 188 Å². The van der Waals surface area contributed by atoms with Crippen LogP contribution < -0.4 is 0 Å². The summed E-state index contributed by atoms with van der Waals surface area (Å²) in [7, 11) is 0. The number of aromatic nitrogens is 3. The second-order valence-electron chi connectivity index (χ2n) is 14.7. The molecular weight excluding hydrogens is 711 g/mol. The standard InChI is InChI=1S/C53H31N3O2/c1-2-14-39-33(10-1)24-25-34-11-8-17-40(49(34)39)37-12-7-13-38(30-37)52-54-51(55-53(56-52)45-19-9-18-44-42-16-4-6-21-47(42)58-50(44)45)35-26-22-32(23-27-35)36-28-29-43-41-15-3-5-20-46(41)57-48(43)31-36/h1-31H. The van der Waals surface area contributed by atoms with Gasteiger partial charge in [0, 0.05) is 32.7 Å². The molecule has 0 spiro atoms. The van der Waals surface area contributed by atoms with E-state index in [0.29, 0.717) is 17.5 Å². The summed E-state index contributed by atoms with van der Waals surface area (Å²) in [4.78, 5) is 15.5. The molecule has 0 aliphatic carbocycles. The van der Waals surface area contributed by atoms with Crippen LogP contribution in [0.5, 0.6) is 0 Å². The highest BCUT2D eigenvalue weighted by molar-refractivity contribution is 6.14. The van der Waals surface area contributed by atoms with Crippen LogP contribution in [-0.4, -0.2) is 15.0 Å². The summed E-state index contributed by atoms with van der Waals surface area (Å²) in [6.07, 6.45) is 0. The first kappa shape index (κ1) is 32.4. The third kappa shape index (κ3) is 5.21. The average molecular weight is 742 g/mol. The molecule has 0 amide bonds. The first-order valence-corrected chi connectivity index (χ1v) is 19.4. The average Bonchev–Trinajstić information content (AvgIpc) is 3.87. The van der Waals surface area contributed by atoms with Crippen LogP contribution in [0.15, 0.2) is 197 Å². The van der Waals surface area contributed by atoms with Gasteiger partial charge >= 0.3 is 0 Å². The lowest BCUT2D eigenvalue weighted by molar-refractivity contribution is 0.669. The van der Waals surface area contributed by atoms with Crippen LogP contribution in [0.3, 0.4) is 0 Å². The maximum absolute atomic E-state index is 6.49. The van der Waals surface area contributed by atoms with E-state index in [-0.39, 0.29) is 0 Å². The Bertz CT molecular complexity index is 3580. The van der Waals surface area contributed by atoms with Gasteiger partial charge < -0.3 is 8.83 Å². The fourth-order valence-electron chi connectivity index (χ4n) is 8.52. The molecule has 0 radical (unpaired) electrons. The van der Waals surface area contributed by atoms with Crippen molar-refractivity contribution in [2.45, 2.75) is 0 Å². The summed E-state index contributed by atoms with van der Waals surface area (Å²) in [5.74, 6) is 1.71. The van der Waals surface area contributed by atoms with Crippen LogP contribution in [0.4, 0.5) is 0 Å². The monoisotopic (exact) mass is 741 g/mol. The van der Waals surface area contributed by atoms with Gasteiger partial charge in [-0.2, -0.15) is 0 Å². The molecule has 12 aromatic rings. The van der Waals surface area contributed by atoms with Crippen molar-refractivity contribution in [2.75, 3.05) is 0 Å². The van der Waals surface area contributed by atoms with Gasteiger partial charge in [0.1, 0.15) is 22.3 Å². The van der Waals surface area contributed by atoms with Crippen molar-refractivity contribution in [2.24, 2.45) is 0 Å². The van der Waals surface area contributed by atoms with Gasteiger partial charge in [-0.1, -0.05) is 152 Å². The molecule has 0 aliphatic rings. The molecule has 0 fully saturated rings. The maximum Gasteiger partial charge on any atom is 0.167 e. The summed E-state index contributed by atoms with van der Waals surface area (Å²) < 4.78 is 12.7. The zero-order valence-corrected chi connectivity index (χ0v) is 31.1. The van der Waals surface area contributed by atoms with Crippen LogP contribution in [0.25, 0.3) is 122 Å². The molecule has 0 bridgehead atoms. The third-order valence-electron chi connectivity index (χ3n) is 11.3. The van der Waals surface area contributed by atoms with E-state index < -0.39 is 0 Å². The van der Waals surface area contributed by atoms with Gasteiger partial charge in [-0.3, -0.25) is 0 Å². The number of rotatable bonds is 5. The Balaban J connectivity index is 1.01. The van der Waals surface area contributed by atoms with Gasteiger partial charge in [0.25, 0.3) is 0 Å². The van der Waals surface area contributed by atoms with Gasteiger partial charge in [0.15, 0.2) is 17.5 Å². The molecule has 3 aromatic heterocycles. The zero-order chi connectivity index (χ0) is 38.2. The zero-order valence-electron chi connectivity index (χ0n) is 31.1. The minimum absolute atomic E-state index is 0.547. The lowest BCUT2D eigenvalue weighted by Gasteiger charge is -2.12. The second kappa shape index (κ2) is 12.8. The molecule has 58 heavy (non-hydrogen) atoms. The van der Waals surface area contributed by atoms with Crippen LogP contribution in [-0.2, 0) is 0 Å². The highest BCUT2D eigenvalue weighted by Gasteiger charge is 2.19. The fraction of sp³-hybridized carbons (Fsp3) is 0. The van der Waals surface area contributed by atoms with E-state index in [9.17, 15) is 0 Å². The number of benzene rings is 9. The van der Waals surface area contributed by atoms with Gasteiger partial charge in [0.05, 0.1) is 5.56 Å². The Morgan fingerprint density at radius 2 is 0.862 bits per heavy atom. The molecule has 0 N–H and O–H groups in total. The van der Waals surface area contributed by atoms with E-state index in [4.69, 9.17) is 23.8 Å². The molecule has 12 rings (SSSR count). The van der Waals surface area contributed by atoms with E-state index in [1.54, 1.807) is 0 Å². The molecule has 5 nitrogen and oxygen atoms in total. The summed E-state index contributed by atoms with van der Waals surface area (Å²) in [6, 6.07) is 65.3. The second-order valence-corrected chi connectivity index (χ2v) is 14.7. The minimum Gasteiger partial charge on any atom is -0.456 e. The fourth-order valence-corrected chi connectivity index (χ4v) is 8.52. The molecule has 9 aromatic carbocycles. The first-order valence-electron chi connectivity index (χ1n) is 19.4. The highest BCUT2D eigenvalue weighted by Crippen LogP contribution is 2.39. The molecule has 0 aliphatic heterocycles. The molecular formula is C53H31N3O2. The Kier molecular flexibility index (Phi) is 7.16. The summed E-state index contributed by atoms with van der Waals surface area (Å²) in [6.45, 7) is 0. The number of fused-ring (bicyclic) bond motifs is 9. The van der Waals surface area contributed by atoms with Gasteiger partial charge in [-0.25, -0.2) is 15.0 Å². The third-order valence-corrected chi connectivity index (χ3v) is 11.3. The van der Waals surface area contributed by atoms with E-state index in [1.165, 1.54) is 21.5 Å². The molecule has 0 saturated carbocycles. The molecule has 3 heterocycles. The highest BCUT2D eigenvalue weighted by atomic mass is 16.3. The lowest BCUT2D eigenvalue weighted by atomic mass is 9.93. The Morgan fingerprint density at radius 1 is 0.293 bits per heavy atom. The predicted molar refractivity (Wildman–Crippen MR) is 237 cm³/mol. The van der Waals surface area contributed by atoms with Crippen LogP contribution in [0.1, 0.15) is 0 Å². The SMILES string of the molecule is c1cc(-c2nc(-c3ccc(-c4ccc5c(c4)oc4ccccc45)cc3)nc(-c3cccc4c3oc3ccccc34)n2)cc(-c2cccc3ccc4ccccc4c23)c1. The molecule has 0 unspecified atom stereocenters. The number of hydrogen-bond donors (Lipinski definition) is 0. The van der Waals surface area contributed by atoms with Gasteiger partial charge in [-0.05, 0) is 80.2 Å². The lowest BCUT2D eigenvalue weighted by Crippen LogP contribution is -2.00. The summed E-state index contributed by atoms with van der Waals surface area (Å²) >= 11 is 0. The van der Waals surface area contributed by atoms with E-state index in [0.717, 1.165) is 82.8 Å². The number of furan rings is 2. The van der Waals surface area contributed by atoms with Crippen molar-refractivity contribution < 1.29 is 8.83 Å². The molecule has 0 saturated heterocycles. The van der Waals surface area contributed by atoms with E-state index in [1.807, 2.05) is 48.5 Å². The van der Waals surface area contributed by atoms with Crippen molar-refractivity contribution in [3.8, 4) is 56.4 Å². The summed E-state index contributed by atoms with van der Waals surface area (Å²) in [5, 5.41) is 9.18. The van der Waals surface area contributed by atoms with Crippen molar-refractivity contribution in [3.63, 3.8) is 0 Å². The number of hydrogen-bond acceptors (Lipinski definition) is 5. The summed E-state index contributed by atoms with van der Waals surface area (Å²) in [5.41, 5.74) is 10.3. The largest absolute Gasteiger partial charge is 0.456 e.